The Morgan fingerprint density at radius 2 is 2.00 bits per heavy atom. The highest BCUT2D eigenvalue weighted by Crippen LogP contribution is 2.58. The lowest BCUT2D eigenvalue weighted by atomic mass is 9.62. The zero-order valence-electron chi connectivity index (χ0n) is 15.3. The molecular formula is C22H34O. The molecule has 3 rings (SSSR count). The molecule has 0 bridgehead atoms. The van der Waals surface area contributed by atoms with Gasteiger partial charge in [0.25, 0.3) is 0 Å². The molecular weight excluding hydrogens is 280 g/mol. The van der Waals surface area contributed by atoms with Crippen molar-refractivity contribution >= 4 is 0 Å². The Bertz CT molecular complexity index is 524. The quantitative estimate of drug-likeness (QED) is 0.681. The Kier molecular flexibility index (Phi) is 4.88. The van der Waals surface area contributed by atoms with Gasteiger partial charge in [-0.1, -0.05) is 43.7 Å². The van der Waals surface area contributed by atoms with Gasteiger partial charge in [0.05, 0.1) is 6.10 Å². The molecule has 128 valence electrons. The van der Waals surface area contributed by atoms with Crippen molar-refractivity contribution in [2.75, 3.05) is 0 Å². The Hall–Kier alpha value is -0.820. The van der Waals surface area contributed by atoms with Crippen LogP contribution in [0.1, 0.15) is 72.1 Å². The molecule has 1 N–H and O–H groups in total. The van der Waals surface area contributed by atoms with Gasteiger partial charge in [-0.2, -0.15) is 0 Å². The average molecular weight is 315 g/mol. The molecule has 0 aromatic carbocycles. The Labute approximate surface area is 142 Å². The first kappa shape index (κ1) is 17.0. The standard InChI is InChI=1S/C22H34O/c1-15-7-8-16(2)19(14-15)10-9-18-6-5-13-22(4)20(17(3)23)11-12-21(18)22/h9-10,15,17,20-21,23H,2,5-8,11-14H2,1,3-4H3/b18-9+,19-10+/t15-,17-,20+,21-,22+/m0/s1. The van der Waals surface area contributed by atoms with E-state index in [9.17, 15) is 5.11 Å². The predicted octanol–water partition coefficient (Wildman–Crippen LogP) is 5.81. The summed E-state index contributed by atoms with van der Waals surface area (Å²) in [7, 11) is 0. The van der Waals surface area contributed by atoms with E-state index < -0.39 is 0 Å². The molecule has 0 aromatic rings. The van der Waals surface area contributed by atoms with E-state index in [1.807, 2.05) is 6.92 Å². The summed E-state index contributed by atoms with van der Waals surface area (Å²) in [6, 6.07) is 0. The summed E-state index contributed by atoms with van der Waals surface area (Å²) in [6.07, 6.45) is 14.6. The molecule has 0 amide bonds. The third-order valence-electron chi connectivity index (χ3n) is 7.08. The second-order valence-electron chi connectivity index (χ2n) is 8.72. The molecule has 0 radical (unpaired) electrons. The average Bonchev–Trinajstić information content (AvgIpc) is 2.86. The van der Waals surface area contributed by atoms with Crippen molar-refractivity contribution in [3.8, 4) is 0 Å². The first-order valence-electron chi connectivity index (χ1n) is 9.67. The monoisotopic (exact) mass is 314 g/mol. The summed E-state index contributed by atoms with van der Waals surface area (Å²) in [5, 5.41) is 10.2. The third kappa shape index (κ3) is 3.22. The number of aliphatic hydroxyl groups excluding tert-OH is 1. The molecule has 1 heteroatoms. The maximum Gasteiger partial charge on any atom is 0.0545 e. The number of rotatable bonds is 2. The zero-order chi connectivity index (χ0) is 16.6. The fraction of sp³-hybridized carbons (Fsp3) is 0.727. The smallest absolute Gasteiger partial charge is 0.0545 e. The summed E-state index contributed by atoms with van der Waals surface area (Å²) >= 11 is 0. The van der Waals surface area contributed by atoms with Gasteiger partial charge >= 0.3 is 0 Å². The summed E-state index contributed by atoms with van der Waals surface area (Å²) in [6.45, 7) is 11.1. The summed E-state index contributed by atoms with van der Waals surface area (Å²) in [5.41, 5.74) is 4.79. The van der Waals surface area contributed by atoms with Crippen LogP contribution in [0.3, 0.4) is 0 Å². The highest BCUT2D eigenvalue weighted by Gasteiger charge is 2.50. The van der Waals surface area contributed by atoms with Gasteiger partial charge < -0.3 is 5.11 Å². The molecule has 0 spiro atoms. The fourth-order valence-corrected chi connectivity index (χ4v) is 5.67. The third-order valence-corrected chi connectivity index (χ3v) is 7.08. The van der Waals surface area contributed by atoms with Crippen LogP contribution in [0.2, 0.25) is 0 Å². The lowest BCUT2D eigenvalue weighted by molar-refractivity contribution is 0.0302. The van der Waals surface area contributed by atoms with E-state index in [1.54, 1.807) is 5.57 Å². The molecule has 3 aliphatic rings. The second-order valence-corrected chi connectivity index (χ2v) is 8.72. The van der Waals surface area contributed by atoms with Crippen molar-refractivity contribution in [2.24, 2.45) is 23.2 Å². The van der Waals surface area contributed by atoms with Gasteiger partial charge in [0.1, 0.15) is 0 Å². The molecule has 23 heavy (non-hydrogen) atoms. The summed E-state index contributed by atoms with van der Waals surface area (Å²) in [5.74, 6) is 1.96. The fourth-order valence-electron chi connectivity index (χ4n) is 5.67. The van der Waals surface area contributed by atoms with E-state index in [-0.39, 0.29) is 6.10 Å². The van der Waals surface area contributed by atoms with Gasteiger partial charge in [0.15, 0.2) is 0 Å². The van der Waals surface area contributed by atoms with Crippen molar-refractivity contribution in [3.05, 3.63) is 35.5 Å². The zero-order valence-corrected chi connectivity index (χ0v) is 15.3. The van der Waals surface area contributed by atoms with Crippen LogP contribution in [0.4, 0.5) is 0 Å². The second kappa shape index (κ2) is 6.59. The number of aliphatic hydroxyl groups is 1. The van der Waals surface area contributed by atoms with Crippen LogP contribution >= 0.6 is 0 Å². The SMILES string of the molecule is C=C1CC[C@H](C)C/C1=C\C=C1/CCC[C@]2(C)[C@@H]([C@H](C)O)CC[C@@H]12. The normalized spacial score (nSPS) is 43.0. The van der Waals surface area contributed by atoms with E-state index in [4.69, 9.17) is 0 Å². The Balaban J connectivity index is 1.81. The van der Waals surface area contributed by atoms with Gasteiger partial charge in [-0.15, -0.1) is 0 Å². The number of hydrogen-bond donors (Lipinski definition) is 1. The van der Waals surface area contributed by atoms with Crippen LogP contribution in [-0.4, -0.2) is 11.2 Å². The van der Waals surface area contributed by atoms with Gasteiger partial charge in [0.2, 0.25) is 0 Å². The topological polar surface area (TPSA) is 20.2 Å². The molecule has 5 atom stereocenters. The van der Waals surface area contributed by atoms with Gasteiger partial charge in [-0.3, -0.25) is 0 Å². The molecule has 0 aromatic heterocycles. The van der Waals surface area contributed by atoms with Crippen molar-refractivity contribution in [1.29, 1.82) is 0 Å². The molecule has 1 nitrogen and oxygen atoms in total. The predicted molar refractivity (Wildman–Crippen MR) is 98.2 cm³/mol. The van der Waals surface area contributed by atoms with E-state index in [2.05, 4.69) is 32.6 Å². The lowest BCUT2D eigenvalue weighted by Gasteiger charge is -2.43. The Morgan fingerprint density at radius 3 is 2.74 bits per heavy atom. The molecule has 0 unspecified atom stereocenters. The number of allylic oxidation sites excluding steroid dienone is 5. The van der Waals surface area contributed by atoms with Crippen LogP contribution in [0, 0.1) is 23.2 Å². The lowest BCUT2D eigenvalue weighted by Crippen LogP contribution is -2.37. The minimum Gasteiger partial charge on any atom is -0.393 e. The maximum absolute atomic E-state index is 10.2. The van der Waals surface area contributed by atoms with Gasteiger partial charge in [0, 0.05) is 0 Å². The van der Waals surface area contributed by atoms with E-state index in [0.717, 1.165) is 5.92 Å². The van der Waals surface area contributed by atoms with Crippen LogP contribution in [0.15, 0.2) is 35.5 Å². The molecule has 0 aliphatic heterocycles. The van der Waals surface area contributed by atoms with Crippen molar-refractivity contribution in [3.63, 3.8) is 0 Å². The molecule has 3 saturated carbocycles. The van der Waals surface area contributed by atoms with E-state index in [1.165, 1.54) is 62.5 Å². The molecule has 0 heterocycles. The van der Waals surface area contributed by atoms with E-state index >= 15 is 0 Å². The molecule has 0 saturated heterocycles. The number of hydrogen-bond acceptors (Lipinski definition) is 1. The van der Waals surface area contributed by atoms with Crippen molar-refractivity contribution in [1.82, 2.24) is 0 Å². The largest absolute Gasteiger partial charge is 0.393 e. The molecule has 3 fully saturated rings. The highest BCUT2D eigenvalue weighted by atomic mass is 16.3. The number of fused-ring (bicyclic) bond motifs is 1. The molecule has 3 aliphatic carbocycles. The van der Waals surface area contributed by atoms with Crippen molar-refractivity contribution < 1.29 is 5.11 Å². The van der Waals surface area contributed by atoms with Gasteiger partial charge in [-0.05, 0) is 87.0 Å². The van der Waals surface area contributed by atoms with Crippen LogP contribution in [0.5, 0.6) is 0 Å². The first-order chi connectivity index (χ1) is 10.9. The van der Waals surface area contributed by atoms with Crippen LogP contribution in [0.25, 0.3) is 0 Å². The van der Waals surface area contributed by atoms with E-state index in [0.29, 0.717) is 17.3 Å². The van der Waals surface area contributed by atoms with Crippen LogP contribution in [-0.2, 0) is 0 Å². The van der Waals surface area contributed by atoms with Crippen molar-refractivity contribution in [2.45, 2.75) is 78.2 Å². The van der Waals surface area contributed by atoms with Crippen LogP contribution < -0.4 is 0 Å². The highest BCUT2D eigenvalue weighted by molar-refractivity contribution is 5.35. The summed E-state index contributed by atoms with van der Waals surface area (Å²) < 4.78 is 0. The minimum atomic E-state index is -0.165. The maximum atomic E-state index is 10.2. The van der Waals surface area contributed by atoms with Gasteiger partial charge in [-0.25, -0.2) is 0 Å². The Morgan fingerprint density at radius 1 is 1.22 bits per heavy atom. The minimum absolute atomic E-state index is 0.165. The summed E-state index contributed by atoms with van der Waals surface area (Å²) in [4.78, 5) is 0. The first-order valence-corrected chi connectivity index (χ1v) is 9.67.